The SMILES string of the molecule is C=C(C)C(=O)OCCCc1ccc(N=Nc2c(C)[nH]n(-c3ccc(C(C)(C)C)cc3)c2=O)cc1. The number of nitrogens with one attached hydrogen (secondary N) is 1. The van der Waals surface area contributed by atoms with E-state index in [0.717, 1.165) is 24.1 Å². The van der Waals surface area contributed by atoms with Crippen molar-refractivity contribution in [3.8, 4) is 5.69 Å². The lowest BCUT2D eigenvalue weighted by atomic mass is 9.87. The number of ether oxygens (including phenoxy) is 1. The molecule has 1 aromatic heterocycles. The zero-order valence-corrected chi connectivity index (χ0v) is 20.5. The number of rotatable bonds is 8. The van der Waals surface area contributed by atoms with Crippen LogP contribution in [-0.4, -0.2) is 22.4 Å². The van der Waals surface area contributed by atoms with E-state index in [1.54, 1.807) is 13.8 Å². The Labute approximate surface area is 200 Å². The summed E-state index contributed by atoms with van der Waals surface area (Å²) in [6, 6.07) is 15.5. The Morgan fingerprint density at radius 2 is 1.71 bits per heavy atom. The Bertz CT molecular complexity index is 1240. The molecule has 0 radical (unpaired) electrons. The summed E-state index contributed by atoms with van der Waals surface area (Å²) in [4.78, 5) is 24.3. The van der Waals surface area contributed by atoms with Gasteiger partial charge in [0.05, 0.1) is 23.7 Å². The first kappa shape index (κ1) is 24.9. The number of hydrogen-bond donors (Lipinski definition) is 1. The summed E-state index contributed by atoms with van der Waals surface area (Å²) >= 11 is 0. The van der Waals surface area contributed by atoms with E-state index >= 15 is 0 Å². The summed E-state index contributed by atoms with van der Waals surface area (Å²) in [6.45, 7) is 13.8. The highest BCUT2D eigenvalue weighted by Crippen LogP contribution is 2.24. The lowest BCUT2D eigenvalue weighted by Gasteiger charge is -2.19. The van der Waals surface area contributed by atoms with Crippen LogP contribution in [-0.2, 0) is 21.4 Å². The van der Waals surface area contributed by atoms with Crippen molar-refractivity contribution in [3.05, 3.63) is 87.9 Å². The molecule has 2 aromatic carbocycles. The molecule has 0 aliphatic heterocycles. The lowest BCUT2D eigenvalue weighted by molar-refractivity contribution is -0.139. The van der Waals surface area contributed by atoms with Crippen molar-refractivity contribution in [2.45, 2.75) is 52.9 Å². The van der Waals surface area contributed by atoms with Gasteiger partial charge < -0.3 is 4.74 Å². The molecule has 178 valence electrons. The number of H-pyrrole nitrogens is 1. The van der Waals surface area contributed by atoms with Crippen molar-refractivity contribution >= 4 is 17.3 Å². The van der Waals surface area contributed by atoms with Crippen molar-refractivity contribution < 1.29 is 9.53 Å². The minimum atomic E-state index is -0.364. The monoisotopic (exact) mass is 460 g/mol. The van der Waals surface area contributed by atoms with Crippen LogP contribution in [0.25, 0.3) is 5.69 Å². The van der Waals surface area contributed by atoms with Crippen LogP contribution >= 0.6 is 0 Å². The minimum absolute atomic E-state index is 0.0432. The first-order chi connectivity index (χ1) is 16.1. The minimum Gasteiger partial charge on any atom is -0.462 e. The number of carbonyl (C=O) groups excluding carboxylic acids is 1. The number of aromatic nitrogens is 2. The van der Waals surface area contributed by atoms with Gasteiger partial charge in [0, 0.05) is 5.57 Å². The van der Waals surface area contributed by atoms with Crippen molar-refractivity contribution in [2.75, 3.05) is 6.61 Å². The topological polar surface area (TPSA) is 88.8 Å². The molecular weight excluding hydrogens is 428 g/mol. The Morgan fingerprint density at radius 1 is 1.06 bits per heavy atom. The fourth-order valence-corrected chi connectivity index (χ4v) is 3.35. The van der Waals surface area contributed by atoms with Gasteiger partial charge in [-0.1, -0.05) is 51.6 Å². The maximum atomic E-state index is 12.9. The zero-order chi connectivity index (χ0) is 24.9. The number of carbonyl (C=O) groups is 1. The number of hydrogen-bond acceptors (Lipinski definition) is 5. The molecule has 1 N–H and O–H groups in total. The average Bonchev–Trinajstić information content (AvgIpc) is 3.08. The predicted octanol–water partition coefficient (Wildman–Crippen LogP) is 6.24. The van der Waals surface area contributed by atoms with Crippen LogP contribution in [0.3, 0.4) is 0 Å². The van der Waals surface area contributed by atoms with E-state index in [0.29, 0.717) is 23.6 Å². The summed E-state index contributed by atoms with van der Waals surface area (Å²) in [7, 11) is 0. The molecule has 0 unspecified atom stereocenters. The number of benzene rings is 2. The molecule has 0 amide bonds. The number of esters is 1. The number of aryl methyl sites for hydroxylation is 2. The molecule has 3 rings (SSSR count). The largest absolute Gasteiger partial charge is 0.462 e. The van der Waals surface area contributed by atoms with Crippen molar-refractivity contribution in [1.29, 1.82) is 0 Å². The van der Waals surface area contributed by atoms with Crippen molar-refractivity contribution in [3.63, 3.8) is 0 Å². The van der Waals surface area contributed by atoms with Crippen LogP contribution in [0.2, 0.25) is 0 Å². The quantitative estimate of drug-likeness (QED) is 0.187. The molecule has 1 heterocycles. The molecule has 7 nitrogen and oxygen atoms in total. The van der Waals surface area contributed by atoms with Crippen LogP contribution in [0.1, 0.15) is 50.9 Å². The molecule has 7 heteroatoms. The van der Waals surface area contributed by atoms with E-state index < -0.39 is 0 Å². The first-order valence-corrected chi connectivity index (χ1v) is 11.3. The molecule has 0 atom stereocenters. The molecule has 0 saturated carbocycles. The Kier molecular flexibility index (Phi) is 7.66. The van der Waals surface area contributed by atoms with Gasteiger partial charge in [-0.15, -0.1) is 5.11 Å². The second-order valence-electron chi connectivity index (χ2n) is 9.41. The van der Waals surface area contributed by atoms with E-state index in [1.165, 1.54) is 10.2 Å². The van der Waals surface area contributed by atoms with E-state index in [1.807, 2.05) is 48.5 Å². The zero-order valence-electron chi connectivity index (χ0n) is 20.5. The summed E-state index contributed by atoms with van der Waals surface area (Å²) in [5.74, 6) is -0.364. The van der Waals surface area contributed by atoms with Gasteiger partial charge >= 0.3 is 5.97 Å². The Hall–Kier alpha value is -3.74. The number of azo groups is 1. The van der Waals surface area contributed by atoms with Crippen LogP contribution < -0.4 is 5.56 Å². The van der Waals surface area contributed by atoms with Crippen molar-refractivity contribution in [1.82, 2.24) is 9.78 Å². The highest BCUT2D eigenvalue weighted by atomic mass is 16.5. The second-order valence-corrected chi connectivity index (χ2v) is 9.41. The average molecular weight is 461 g/mol. The van der Waals surface area contributed by atoms with Gasteiger partial charge in [-0.05, 0) is 67.5 Å². The highest BCUT2D eigenvalue weighted by molar-refractivity contribution is 5.86. The van der Waals surface area contributed by atoms with Gasteiger partial charge in [-0.3, -0.25) is 9.89 Å². The molecule has 0 bridgehead atoms. The van der Waals surface area contributed by atoms with Crippen LogP contribution in [0.5, 0.6) is 0 Å². The maximum Gasteiger partial charge on any atom is 0.333 e. The molecule has 34 heavy (non-hydrogen) atoms. The van der Waals surface area contributed by atoms with Gasteiger partial charge in [-0.2, -0.15) is 5.11 Å². The third-order valence-electron chi connectivity index (χ3n) is 5.43. The normalized spacial score (nSPS) is 11.7. The summed E-state index contributed by atoms with van der Waals surface area (Å²) in [5, 5.41) is 11.5. The van der Waals surface area contributed by atoms with Gasteiger partial charge in [0.15, 0.2) is 5.69 Å². The fraction of sp³-hybridized carbons (Fsp3) is 0.333. The van der Waals surface area contributed by atoms with Crippen molar-refractivity contribution in [2.24, 2.45) is 10.2 Å². The Balaban J connectivity index is 1.66. The van der Waals surface area contributed by atoms with E-state index in [9.17, 15) is 9.59 Å². The Morgan fingerprint density at radius 3 is 2.29 bits per heavy atom. The number of aromatic amines is 1. The second kappa shape index (κ2) is 10.5. The molecule has 0 aliphatic rings. The first-order valence-electron chi connectivity index (χ1n) is 11.3. The molecular formula is C27H32N4O3. The predicted molar refractivity (Wildman–Crippen MR) is 135 cm³/mol. The smallest absolute Gasteiger partial charge is 0.333 e. The summed E-state index contributed by atoms with van der Waals surface area (Å²) < 4.78 is 6.59. The number of nitrogens with zero attached hydrogens (tertiary/aromatic N) is 3. The molecule has 0 spiro atoms. The molecule has 0 fully saturated rings. The van der Waals surface area contributed by atoms with Crippen LogP contribution in [0.15, 0.2) is 75.7 Å². The van der Waals surface area contributed by atoms with E-state index in [-0.39, 0.29) is 22.6 Å². The van der Waals surface area contributed by atoms with Crippen LogP contribution in [0.4, 0.5) is 11.4 Å². The van der Waals surface area contributed by atoms with Gasteiger partial charge in [0.1, 0.15) is 0 Å². The van der Waals surface area contributed by atoms with Gasteiger partial charge in [0.25, 0.3) is 5.56 Å². The van der Waals surface area contributed by atoms with Gasteiger partial charge in [-0.25, -0.2) is 9.48 Å². The third-order valence-corrected chi connectivity index (χ3v) is 5.43. The van der Waals surface area contributed by atoms with E-state index in [2.05, 4.69) is 42.7 Å². The molecule has 0 saturated heterocycles. The van der Waals surface area contributed by atoms with E-state index in [4.69, 9.17) is 4.74 Å². The third kappa shape index (κ3) is 6.19. The maximum absolute atomic E-state index is 12.9. The molecule has 0 aliphatic carbocycles. The molecule has 3 aromatic rings. The van der Waals surface area contributed by atoms with Crippen LogP contribution in [0, 0.1) is 6.92 Å². The fourth-order valence-electron chi connectivity index (χ4n) is 3.35. The van der Waals surface area contributed by atoms with Gasteiger partial charge in [0.2, 0.25) is 0 Å². The summed E-state index contributed by atoms with van der Waals surface area (Å²) in [6.07, 6.45) is 1.50. The lowest BCUT2D eigenvalue weighted by Crippen LogP contribution is -2.15. The summed E-state index contributed by atoms with van der Waals surface area (Å²) in [5.41, 5.74) is 4.83. The standard InChI is InChI=1S/C27H32N4O3/c1-18(2)26(33)34-17-7-8-20-9-13-22(14-10-20)28-29-24-19(3)30-31(25(24)32)23-15-11-21(12-16-23)27(4,5)6/h9-16,30H,1,7-8,17H2,2-6H3. The highest BCUT2D eigenvalue weighted by Gasteiger charge is 2.15.